The maximum Gasteiger partial charge on any atom is 0.349 e. The summed E-state index contributed by atoms with van der Waals surface area (Å²) in [4.78, 5) is 34.8. The van der Waals surface area contributed by atoms with Crippen LogP contribution in [0.15, 0.2) is 63.8 Å². The van der Waals surface area contributed by atoms with Crippen LogP contribution in [-0.2, 0) is 4.84 Å². The molecule has 0 bridgehead atoms. The summed E-state index contributed by atoms with van der Waals surface area (Å²) in [6.07, 6.45) is 1.25. The molecule has 4 rings (SSSR count). The molecule has 38 heavy (non-hydrogen) atoms. The highest BCUT2D eigenvalue weighted by Gasteiger charge is 2.47. The molecule has 0 aliphatic carbocycles. The van der Waals surface area contributed by atoms with Crippen molar-refractivity contribution in [2.75, 3.05) is 18.0 Å². The molecule has 7 heteroatoms. The smallest absolute Gasteiger partial charge is 0.349 e. The zero-order chi connectivity index (χ0) is 27.7. The van der Waals surface area contributed by atoms with Crippen LogP contribution in [0.2, 0.25) is 0 Å². The van der Waals surface area contributed by atoms with Crippen LogP contribution in [0.3, 0.4) is 0 Å². The van der Waals surface area contributed by atoms with Gasteiger partial charge in [0.25, 0.3) is 5.91 Å². The first kappa shape index (κ1) is 27.9. The van der Waals surface area contributed by atoms with Crippen LogP contribution < -0.4 is 15.8 Å². The first-order valence-electron chi connectivity index (χ1n) is 13.6. The Labute approximate surface area is 225 Å². The Bertz CT molecular complexity index is 1310. The standard InChI is InChI=1S/C31H41N3O4/c1-8-33(9-2)25-16-15-23-17-26(29(36)37-27(23)18-25)28(35)32-24-19-30(4,5)34(31(6,7)20-24)38-21(3)22-13-11-10-12-14-22/h10-18,21,24H,8-9,19-20H2,1-7H3,(H,32,35). The predicted octanol–water partition coefficient (Wildman–Crippen LogP) is 6.08. The van der Waals surface area contributed by atoms with Gasteiger partial charge in [-0.05, 0) is 85.1 Å². The lowest BCUT2D eigenvalue weighted by atomic mass is 9.79. The molecule has 0 saturated carbocycles. The fraction of sp³-hybridized carbons (Fsp3) is 0.484. The zero-order valence-electron chi connectivity index (χ0n) is 23.7. The fourth-order valence-electron chi connectivity index (χ4n) is 5.90. The Morgan fingerprint density at radius 2 is 1.68 bits per heavy atom. The van der Waals surface area contributed by atoms with Gasteiger partial charge in [-0.1, -0.05) is 30.3 Å². The largest absolute Gasteiger partial charge is 0.422 e. The number of nitrogens with one attached hydrogen (secondary N) is 1. The van der Waals surface area contributed by atoms with E-state index in [1.54, 1.807) is 6.07 Å². The molecule has 1 fully saturated rings. The van der Waals surface area contributed by atoms with Crippen LogP contribution in [0.5, 0.6) is 0 Å². The zero-order valence-corrected chi connectivity index (χ0v) is 23.7. The molecule has 7 nitrogen and oxygen atoms in total. The van der Waals surface area contributed by atoms with Crippen molar-refractivity contribution in [3.8, 4) is 0 Å². The molecule has 1 unspecified atom stereocenters. The van der Waals surface area contributed by atoms with E-state index in [0.717, 1.165) is 29.7 Å². The van der Waals surface area contributed by atoms with Crippen molar-refractivity contribution in [1.29, 1.82) is 0 Å². The molecule has 3 aromatic rings. The molecule has 1 atom stereocenters. The number of carbonyl (C=O) groups is 1. The molecule has 0 spiro atoms. The second kappa shape index (κ2) is 10.9. The van der Waals surface area contributed by atoms with E-state index in [1.807, 2.05) is 36.4 Å². The highest BCUT2D eigenvalue weighted by Crippen LogP contribution is 2.40. The molecule has 0 radical (unpaired) electrons. The number of hydroxylamine groups is 2. The number of benzene rings is 2. The van der Waals surface area contributed by atoms with E-state index >= 15 is 0 Å². The van der Waals surface area contributed by atoms with Gasteiger partial charge in [0, 0.05) is 47.3 Å². The van der Waals surface area contributed by atoms with Crippen LogP contribution in [-0.4, -0.2) is 41.2 Å². The van der Waals surface area contributed by atoms with Crippen LogP contribution in [0.4, 0.5) is 5.69 Å². The quantitative estimate of drug-likeness (QED) is 0.364. The van der Waals surface area contributed by atoms with Gasteiger partial charge in [-0.15, -0.1) is 0 Å². The number of hydrogen-bond acceptors (Lipinski definition) is 6. The number of anilines is 1. The topological polar surface area (TPSA) is 75.0 Å². The van der Waals surface area contributed by atoms with Gasteiger partial charge in [-0.2, -0.15) is 5.06 Å². The van der Waals surface area contributed by atoms with Gasteiger partial charge in [0.15, 0.2) is 0 Å². The van der Waals surface area contributed by atoms with Crippen LogP contribution in [0.25, 0.3) is 11.0 Å². The summed E-state index contributed by atoms with van der Waals surface area (Å²) in [6.45, 7) is 16.4. The van der Waals surface area contributed by atoms with E-state index in [-0.39, 0.29) is 28.8 Å². The Morgan fingerprint density at radius 3 is 2.29 bits per heavy atom. The Morgan fingerprint density at radius 1 is 1.05 bits per heavy atom. The van der Waals surface area contributed by atoms with Gasteiger partial charge >= 0.3 is 5.63 Å². The highest BCUT2D eigenvalue weighted by molar-refractivity contribution is 5.97. The van der Waals surface area contributed by atoms with Crippen molar-refractivity contribution < 1.29 is 14.0 Å². The second-order valence-electron chi connectivity index (χ2n) is 11.5. The van der Waals surface area contributed by atoms with Crippen molar-refractivity contribution in [2.45, 2.75) is 84.5 Å². The normalized spacial score (nSPS) is 18.3. The third kappa shape index (κ3) is 5.79. The van der Waals surface area contributed by atoms with Crippen LogP contribution >= 0.6 is 0 Å². The molecule has 1 aromatic heterocycles. The van der Waals surface area contributed by atoms with Crippen LogP contribution in [0, 0.1) is 0 Å². The monoisotopic (exact) mass is 519 g/mol. The molecular formula is C31H41N3O4. The first-order valence-corrected chi connectivity index (χ1v) is 13.6. The number of hydrogen-bond donors (Lipinski definition) is 1. The van der Waals surface area contributed by atoms with Crippen molar-refractivity contribution in [1.82, 2.24) is 10.4 Å². The minimum Gasteiger partial charge on any atom is -0.422 e. The van der Waals surface area contributed by atoms with Crippen molar-refractivity contribution in [3.63, 3.8) is 0 Å². The maximum absolute atomic E-state index is 13.3. The summed E-state index contributed by atoms with van der Waals surface area (Å²) in [5.74, 6) is -0.405. The van der Waals surface area contributed by atoms with Gasteiger partial charge in [-0.3, -0.25) is 9.63 Å². The lowest BCUT2D eigenvalue weighted by molar-refractivity contribution is -0.306. The maximum atomic E-state index is 13.3. The number of nitrogens with zero attached hydrogens (tertiary/aromatic N) is 2. The van der Waals surface area contributed by atoms with Crippen LogP contribution in [0.1, 0.15) is 83.3 Å². The molecule has 1 aliphatic rings. The molecule has 1 N–H and O–H groups in total. The van der Waals surface area contributed by atoms with E-state index in [0.29, 0.717) is 18.4 Å². The summed E-state index contributed by atoms with van der Waals surface area (Å²) in [6, 6.07) is 17.4. The van der Waals surface area contributed by atoms with E-state index in [2.05, 4.69) is 75.9 Å². The molecule has 2 heterocycles. The number of carbonyl (C=O) groups excluding carboxylic acids is 1. The minimum absolute atomic E-state index is 0.0279. The molecule has 2 aromatic carbocycles. The Balaban J connectivity index is 1.50. The minimum atomic E-state index is -0.623. The van der Waals surface area contributed by atoms with Gasteiger partial charge in [-0.25, -0.2) is 4.79 Å². The highest BCUT2D eigenvalue weighted by atomic mass is 16.7. The lowest BCUT2D eigenvalue weighted by Crippen LogP contribution is -2.64. The first-order chi connectivity index (χ1) is 17.9. The molecule has 1 amide bonds. The summed E-state index contributed by atoms with van der Waals surface area (Å²) in [7, 11) is 0. The SMILES string of the molecule is CCN(CC)c1ccc2cc(C(=O)NC3CC(C)(C)N(OC(C)c4ccccc4)C(C)(C)C3)c(=O)oc2c1. The Kier molecular flexibility index (Phi) is 8.00. The predicted molar refractivity (Wildman–Crippen MR) is 152 cm³/mol. The fourth-order valence-corrected chi connectivity index (χ4v) is 5.90. The van der Waals surface area contributed by atoms with Gasteiger partial charge < -0.3 is 14.6 Å². The van der Waals surface area contributed by atoms with Gasteiger partial charge in [0.1, 0.15) is 17.3 Å². The van der Waals surface area contributed by atoms with E-state index in [9.17, 15) is 9.59 Å². The van der Waals surface area contributed by atoms with E-state index in [4.69, 9.17) is 9.25 Å². The third-order valence-electron chi connectivity index (χ3n) is 7.55. The van der Waals surface area contributed by atoms with Crippen molar-refractivity contribution in [2.24, 2.45) is 0 Å². The summed E-state index contributed by atoms with van der Waals surface area (Å²) < 4.78 is 5.60. The summed E-state index contributed by atoms with van der Waals surface area (Å²) >= 11 is 0. The lowest BCUT2D eigenvalue weighted by Gasteiger charge is -2.54. The molecular weight excluding hydrogens is 478 g/mol. The summed E-state index contributed by atoms with van der Waals surface area (Å²) in [5, 5.41) is 5.92. The van der Waals surface area contributed by atoms with Crippen molar-refractivity contribution >= 4 is 22.6 Å². The number of amides is 1. The average Bonchev–Trinajstić information content (AvgIpc) is 2.86. The van der Waals surface area contributed by atoms with Crippen molar-refractivity contribution in [3.05, 3.63) is 76.1 Å². The third-order valence-corrected chi connectivity index (χ3v) is 7.55. The molecule has 204 valence electrons. The van der Waals surface area contributed by atoms with E-state index in [1.165, 1.54) is 0 Å². The Hall–Kier alpha value is -3.16. The summed E-state index contributed by atoms with van der Waals surface area (Å²) in [5.41, 5.74) is 1.29. The number of fused-ring (bicyclic) bond motifs is 1. The van der Waals surface area contributed by atoms with Gasteiger partial charge in [0.05, 0.1) is 0 Å². The van der Waals surface area contributed by atoms with E-state index < -0.39 is 11.5 Å². The second-order valence-corrected chi connectivity index (χ2v) is 11.5. The molecule has 1 saturated heterocycles. The average molecular weight is 520 g/mol. The number of piperidine rings is 1. The number of rotatable bonds is 8. The molecule has 1 aliphatic heterocycles. The van der Waals surface area contributed by atoms with Gasteiger partial charge in [0.2, 0.25) is 0 Å².